The van der Waals surface area contributed by atoms with E-state index in [4.69, 9.17) is 22.4 Å². The first-order chi connectivity index (χ1) is 8.58. The van der Waals surface area contributed by atoms with E-state index in [9.17, 15) is 4.79 Å². The van der Waals surface area contributed by atoms with Crippen LogP contribution < -0.4 is 11.1 Å². The maximum atomic E-state index is 11.1. The molecule has 0 saturated carbocycles. The van der Waals surface area contributed by atoms with Gasteiger partial charge in [-0.15, -0.1) is 11.3 Å². The monoisotopic (exact) mass is 283 g/mol. The van der Waals surface area contributed by atoms with Gasteiger partial charge in [0.15, 0.2) is 0 Å². The molecule has 18 heavy (non-hydrogen) atoms. The molecule has 2 rings (SSSR count). The summed E-state index contributed by atoms with van der Waals surface area (Å²) < 4.78 is 0. The second-order valence-electron chi connectivity index (χ2n) is 3.51. The number of hydrogen-bond acceptors (Lipinski definition) is 5. The number of benzene rings is 1. The third-order valence-corrected chi connectivity index (χ3v) is 3.32. The van der Waals surface area contributed by atoms with E-state index in [0.29, 0.717) is 17.9 Å². The Balaban J connectivity index is 2.28. The lowest BCUT2D eigenvalue weighted by Crippen LogP contribution is -2.08. The minimum absolute atomic E-state index is 0.0524. The Morgan fingerprint density at radius 2 is 2.33 bits per heavy atom. The zero-order valence-corrected chi connectivity index (χ0v) is 10.8. The Morgan fingerprint density at radius 1 is 1.56 bits per heavy atom. The molecule has 0 bridgehead atoms. The molecule has 0 aliphatic heterocycles. The van der Waals surface area contributed by atoms with Gasteiger partial charge in [0.1, 0.15) is 5.01 Å². The first-order valence-corrected chi connectivity index (χ1v) is 6.28. The number of nitrogens with two attached hydrogens (primary N) is 1. The normalized spacial score (nSPS) is 10.3. The third-order valence-electron chi connectivity index (χ3n) is 2.24. The molecule has 0 fully saturated rings. The molecule has 0 saturated heterocycles. The van der Waals surface area contributed by atoms with Gasteiger partial charge in [-0.05, 0) is 12.1 Å². The van der Waals surface area contributed by atoms with Crippen molar-refractivity contribution in [2.24, 2.45) is 0 Å². The van der Waals surface area contributed by atoms with E-state index in [2.05, 4.69) is 10.3 Å². The van der Waals surface area contributed by atoms with Crippen molar-refractivity contribution in [2.45, 2.75) is 6.54 Å². The van der Waals surface area contributed by atoms with Gasteiger partial charge >= 0.3 is 5.97 Å². The molecule has 0 atom stereocenters. The second-order valence-corrected chi connectivity index (χ2v) is 4.90. The topological polar surface area (TPSA) is 88.2 Å². The van der Waals surface area contributed by atoms with Crippen molar-refractivity contribution in [1.29, 1.82) is 0 Å². The average molecular weight is 284 g/mol. The van der Waals surface area contributed by atoms with Crippen molar-refractivity contribution in [3.63, 3.8) is 0 Å². The van der Waals surface area contributed by atoms with Crippen LogP contribution in [0, 0.1) is 0 Å². The maximum absolute atomic E-state index is 11.1. The zero-order valence-electron chi connectivity index (χ0n) is 9.18. The Kier molecular flexibility index (Phi) is 3.69. The molecule has 0 aliphatic carbocycles. The summed E-state index contributed by atoms with van der Waals surface area (Å²) in [6.45, 7) is 0.418. The average Bonchev–Trinajstić information content (AvgIpc) is 2.79. The second kappa shape index (κ2) is 5.24. The third kappa shape index (κ3) is 2.72. The number of rotatable bonds is 4. The van der Waals surface area contributed by atoms with Gasteiger partial charge in [-0.2, -0.15) is 0 Å². The number of anilines is 2. The van der Waals surface area contributed by atoms with Crippen LogP contribution in [-0.4, -0.2) is 16.1 Å². The van der Waals surface area contributed by atoms with Crippen LogP contribution in [0.15, 0.2) is 23.7 Å². The number of thiazole rings is 1. The lowest BCUT2D eigenvalue weighted by Gasteiger charge is -2.11. The summed E-state index contributed by atoms with van der Waals surface area (Å²) in [6, 6.07) is 2.89. The molecule has 94 valence electrons. The Bertz CT molecular complexity index is 572. The standard InChI is InChI=1S/C11H10ClN3O2S/c12-8-4-6(13)3-7(11(16)17)10(8)15-5-9-14-1-2-18-9/h1-4,15H,5,13H2,(H,16,17). The number of carboxylic acids is 1. The largest absolute Gasteiger partial charge is 0.478 e. The van der Waals surface area contributed by atoms with Gasteiger partial charge in [-0.1, -0.05) is 11.6 Å². The van der Waals surface area contributed by atoms with Crippen LogP contribution >= 0.6 is 22.9 Å². The summed E-state index contributed by atoms with van der Waals surface area (Å²) in [5.41, 5.74) is 6.30. The molecule has 1 aromatic carbocycles. The Labute approximate surface area is 112 Å². The van der Waals surface area contributed by atoms with Crippen LogP contribution in [0.25, 0.3) is 0 Å². The number of halogens is 1. The highest BCUT2D eigenvalue weighted by molar-refractivity contribution is 7.09. The molecule has 0 radical (unpaired) electrons. The number of carboxylic acid groups (broad SMARTS) is 1. The van der Waals surface area contributed by atoms with Crippen molar-refractivity contribution in [3.8, 4) is 0 Å². The summed E-state index contributed by atoms with van der Waals surface area (Å²) >= 11 is 7.47. The highest BCUT2D eigenvalue weighted by Crippen LogP contribution is 2.29. The molecule has 4 N–H and O–H groups in total. The Morgan fingerprint density at radius 3 is 2.94 bits per heavy atom. The van der Waals surface area contributed by atoms with Crippen LogP contribution in [0.4, 0.5) is 11.4 Å². The van der Waals surface area contributed by atoms with Crippen LogP contribution in [-0.2, 0) is 6.54 Å². The quantitative estimate of drug-likeness (QED) is 0.751. The minimum atomic E-state index is -1.08. The van der Waals surface area contributed by atoms with E-state index >= 15 is 0 Å². The highest BCUT2D eigenvalue weighted by atomic mass is 35.5. The fourth-order valence-electron chi connectivity index (χ4n) is 1.48. The van der Waals surface area contributed by atoms with Crippen molar-refractivity contribution in [1.82, 2.24) is 4.98 Å². The molecule has 0 spiro atoms. The maximum Gasteiger partial charge on any atom is 0.337 e. The number of nitrogens with one attached hydrogen (secondary N) is 1. The summed E-state index contributed by atoms with van der Waals surface area (Å²) in [5.74, 6) is -1.08. The van der Waals surface area contributed by atoms with Crippen molar-refractivity contribution in [2.75, 3.05) is 11.1 Å². The lowest BCUT2D eigenvalue weighted by atomic mass is 10.1. The van der Waals surface area contributed by atoms with Crippen LogP contribution in [0.5, 0.6) is 0 Å². The van der Waals surface area contributed by atoms with Crippen LogP contribution in [0.3, 0.4) is 0 Å². The van der Waals surface area contributed by atoms with E-state index in [1.54, 1.807) is 6.20 Å². The van der Waals surface area contributed by atoms with E-state index in [0.717, 1.165) is 5.01 Å². The fourth-order valence-corrected chi connectivity index (χ4v) is 2.33. The molecular formula is C11H10ClN3O2S. The number of nitrogens with zero attached hydrogens (tertiary/aromatic N) is 1. The van der Waals surface area contributed by atoms with Gasteiger partial charge in [-0.3, -0.25) is 0 Å². The molecule has 0 aliphatic rings. The molecular weight excluding hydrogens is 274 g/mol. The highest BCUT2D eigenvalue weighted by Gasteiger charge is 2.14. The van der Waals surface area contributed by atoms with Crippen molar-refractivity contribution >= 4 is 40.3 Å². The predicted octanol–water partition coefficient (Wildman–Crippen LogP) is 2.69. The van der Waals surface area contributed by atoms with E-state index in [1.807, 2.05) is 5.38 Å². The minimum Gasteiger partial charge on any atom is -0.478 e. The number of nitrogen functional groups attached to an aromatic ring is 1. The molecule has 7 heteroatoms. The molecule has 0 unspecified atom stereocenters. The summed E-state index contributed by atoms with van der Waals surface area (Å²) in [4.78, 5) is 15.2. The predicted molar refractivity (Wildman–Crippen MR) is 72.3 cm³/mol. The SMILES string of the molecule is Nc1cc(Cl)c(NCc2nccs2)c(C(=O)O)c1. The molecule has 1 aromatic heterocycles. The van der Waals surface area contributed by atoms with Crippen molar-refractivity contribution in [3.05, 3.63) is 39.3 Å². The number of hydrogen-bond donors (Lipinski definition) is 3. The fraction of sp³-hybridized carbons (Fsp3) is 0.0909. The Hall–Kier alpha value is -1.79. The first kappa shape index (κ1) is 12.7. The molecule has 1 heterocycles. The van der Waals surface area contributed by atoms with Gasteiger partial charge in [-0.25, -0.2) is 9.78 Å². The van der Waals surface area contributed by atoms with Crippen LogP contribution in [0.1, 0.15) is 15.4 Å². The van der Waals surface area contributed by atoms with Gasteiger partial charge in [0.05, 0.1) is 22.8 Å². The van der Waals surface area contributed by atoms with Gasteiger partial charge in [0.25, 0.3) is 0 Å². The smallest absolute Gasteiger partial charge is 0.337 e. The van der Waals surface area contributed by atoms with Gasteiger partial charge in [0, 0.05) is 17.3 Å². The van der Waals surface area contributed by atoms with E-state index < -0.39 is 5.97 Å². The molecule has 0 amide bonds. The molecule has 5 nitrogen and oxygen atoms in total. The summed E-state index contributed by atoms with van der Waals surface area (Å²) in [5, 5.41) is 15.1. The van der Waals surface area contributed by atoms with E-state index in [1.165, 1.54) is 23.5 Å². The zero-order chi connectivity index (χ0) is 13.1. The van der Waals surface area contributed by atoms with Gasteiger partial charge < -0.3 is 16.2 Å². The lowest BCUT2D eigenvalue weighted by molar-refractivity contribution is 0.0698. The number of carbonyl (C=O) groups is 1. The molecule has 2 aromatic rings. The number of aromatic nitrogens is 1. The van der Waals surface area contributed by atoms with Crippen LogP contribution in [0.2, 0.25) is 5.02 Å². The summed E-state index contributed by atoms with van der Waals surface area (Å²) in [7, 11) is 0. The van der Waals surface area contributed by atoms with Gasteiger partial charge in [0.2, 0.25) is 0 Å². The number of aromatic carboxylic acids is 1. The first-order valence-electron chi connectivity index (χ1n) is 5.02. The summed E-state index contributed by atoms with van der Waals surface area (Å²) in [6.07, 6.45) is 1.68. The van der Waals surface area contributed by atoms with Crippen molar-refractivity contribution < 1.29 is 9.90 Å². The van der Waals surface area contributed by atoms with E-state index in [-0.39, 0.29) is 10.6 Å².